The van der Waals surface area contributed by atoms with Crippen LogP contribution >= 0.6 is 0 Å². The third-order valence-electron chi connectivity index (χ3n) is 4.77. The van der Waals surface area contributed by atoms with E-state index in [4.69, 9.17) is 0 Å². The van der Waals surface area contributed by atoms with Gasteiger partial charge in [0.2, 0.25) is 0 Å². The summed E-state index contributed by atoms with van der Waals surface area (Å²) < 4.78 is 0. The molecule has 1 aromatic rings. The van der Waals surface area contributed by atoms with Crippen molar-refractivity contribution in [3.63, 3.8) is 0 Å². The van der Waals surface area contributed by atoms with Gasteiger partial charge < -0.3 is 10.2 Å². The topological polar surface area (TPSA) is 35.6 Å². The van der Waals surface area contributed by atoms with Gasteiger partial charge in [-0.2, -0.15) is 0 Å². The van der Waals surface area contributed by atoms with Crippen molar-refractivity contribution in [2.45, 2.75) is 32.2 Å². The minimum Gasteiger partial charge on any atom is -0.387 e. The lowest BCUT2D eigenvalue weighted by molar-refractivity contribution is 0.0744. The highest BCUT2D eigenvalue weighted by Crippen LogP contribution is 2.24. The molecular weight excluding hydrogens is 262 g/mol. The van der Waals surface area contributed by atoms with Crippen LogP contribution in [0.5, 0.6) is 0 Å². The van der Waals surface area contributed by atoms with Gasteiger partial charge in [0.25, 0.3) is 5.91 Å². The fourth-order valence-corrected chi connectivity index (χ4v) is 3.61. The maximum atomic E-state index is 12.9. The average Bonchev–Trinajstić information content (AvgIpc) is 2.83. The summed E-state index contributed by atoms with van der Waals surface area (Å²) in [5.74, 6) is 0.174. The second-order valence-corrected chi connectivity index (χ2v) is 6.24. The summed E-state index contributed by atoms with van der Waals surface area (Å²) in [4.78, 5) is 17.5. The quantitative estimate of drug-likeness (QED) is 0.907. The molecule has 1 aromatic carbocycles. The lowest BCUT2D eigenvalue weighted by Crippen LogP contribution is -2.39. The van der Waals surface area contributed by atoms with Gasteiger partial charge in [0.05, 0.1) is 5.56 Å². The molecule has 1 amide bonds. The second kappa shape index (κ2) is 6.06. The first-order chi connectivity index (χ1) is 10.2. The molecule has 1 atom stereocenters. The van der Waals surface area contributed by atoms with E-state index < -0.39 is 0 Å². The Hall–Kier alpha value is -1.55. The van der Waals surface area contributed by atoms with Crippen LogP contribution in [0.4, 0.5) is 5.69 Å². The summed E-state index contributed by atoms with van der Waals surface area (Å²) in [6, 6.07) is 6.60. The third kappa shape index (κ3) is 2.91. The van der Waals surface area contributed by atoms with Crippen LogP contribution in [-0.2, 0) is 0 Å². The number of amides is 1. The van der Waals surface area contributed by atoms with Crippen LogP contribution in [0.2, 0.25) is 0 Å². The normalized spacial score (nSPS) is 22.8. The van der Waals surface area contributed by atoms with Gasteiger partial charge in [-0.1, -0.05) is 6.07 Å². The Kier molecular flexibility index (Phi) is 4.15. The van der Waals surface area contributed by atoms with Crippen molar-refractivity contribution >= 4 is 11.6 Å². The number of carbonyl (C=O) groups is 1. The standard InChI is InChI=1S/C17H25N3O/c1-13-6-7-15(16(11-13)18-2)17(21)20-10-4-9-19-8-3-5-14(19)12-20/h6-7,11,14,18H,3-5,8-10,12H2,1-2H3. The lowest BCUT2D eigenvalue weighted by atomic mass is 10.1. The molecule has 2 aliphatic rings. The number of rotatable bonds is 2. The highest BCUT2D eigenvalue weighted by atomic mass is 16.2. The minimum absolute atomic E-state index is 0.174. The molecule has 0 radical (unpaired) electrons. The van der Waals surface area contributed by atoms with Gasteiger partial charge >= 0.3 is 0 Å². The maximum absolute atomic E-state index is 12.9. The highest BCUT2D eigenvalue weighted by molar-refractivity contribution is 5.99. The van der Waals surface area contributed by atoms with Gasteiger partial charge in [0.15, 0.2) is 0 Å². The fraction of sp³-hybridized carbons (Fsp3) is 0.588. The summed E-state index contributed by atoms with van der Waals surface area (Å²) in [5, 5.41) is 3.16. The fourth-order valence-electron chi connectivity index (χ4n) is 3.61. The van der Waals surface area contributed by atoms with Crippen molar-refractivity contribution in [2.75, 3.05) is 38.5 Å². The van der Waals surface area contributed by atoms with E-state index in [1.807, 2.05) is 25.2 Å². The predicted molar refractivity (Wildman–Crippen MR) is 85.8 cm³/mol. The lowest BCUT2D eigenvalue weighted by Gasteiger charge is -2.26. The van der Waals surface area contributed by atoms with Gasteiger partial charge in [0, 0.05) is 38.4 Å². The first kappa shape index (κ1) is 14.4. The number of carbonyl (C=O) groups excluding carboxylic acids is 1. The van der Waals surface area contributed by atoms with Crippen molar-refractivity contribution in [3.8, 4) is 0 Å². The number of nitrogens with zero attached hydrogens (tertiary/aromatic N) is 2. The molecule has 3 rings (SSSR count). The Morgan fingerprint density at radius 2 is 2.05 bits per heavy atom. The van der Waals surface area contributed by atoms with E-state index in [2.05, 4.69) is 22.0 Å². The van der Waals surface area contributed by atoms with E-state index in [0.717, 1.165) is 37.3 Å². The molecule has 21 heavy (non-hydrogen) atoms. The second-order valence-electron chi connectivity index (χ2n) is 6.24. The molecule has 4 nitrogen and oxygen atoms in total. The van der Waals surface area contributed by atoms with Crippen LogP contribution in [0.15, 0.2) is 18.2 Å². The molecule has 2 aliphatic heterocycles. The number of hydrogen-bond donors (Lipinski definition) is 1. The van der Waals surface area contributed by atoms with Crippen LogP contribution in [0.25, 0.3) is 0 Å². The van der Waals surface area contributed by atoms with Crippen LogP contribution < -0.4 is 5.32 Å². The van der Waals surface area contributed by atoms with E-state index in [9.17, 15) is 4.79 Å². The smallest absolute Gasteiger partial charge is 0.256 e. The van der Waals surface area contributed by atoms with Crippen molar-refractivity contribution in [3.05, 3.63) is 29.3 Å². The predicted octanol–water partition coefficient (Wildman–Crippen LogP) is 2.35. The van der Waals surface area contributed by atoms with Gasteiger partial charge in [-0.05, 0) is 50.4 Å². The van der Waals surface area contributed by atoms with E-state index in [1.54, 1.807) is 0 Å². The number of nitrogens with one attached hydrogen (secondary N) is 1. The molecule has 0 spiro atoms. The number of benzene rings is 1. The molecule has 2 fully saturated rings. The van der Waals surface area contributed by atoms with E-state index >= 15 is 0 Å². The number of fused-ring (bicyclic) bond motifs is 1. The number of anilines is 1. The van der Waals surface area contributed by atoms with E-state index in [0.29, 0.717) is 6.04 Å². The summed E-state index contributed by atoms with van der Waals surface area (Å²) in [7, 11) is 1.88. The molecule has 2 saturated heterocycles. The zero-order valence-electron chi connectivity index (χ0n) is 13.1. The first-order valence-electron chi connectivity index (χ1n) is 8.01. The van der Waals surface area contributed by atoms with E-state index in [-0.39, 0.29) is 5.91 Å². The molecular formula is C17H25N3O. The summed E-state index contributed by atoms with van der Waals surface area (Å²) in [6.45, 7) is 6.16. The van der Waals surface area contributed by atoms with Crippen LogP contribution in [-0.4, -0.2) is 55.0 Å². The minimum atomic E-state index is 0.174. The van der Waals surface area contributed by atoms with Gasteiger partial charge in [-0.25, -0.2) is 0 Å². The molecule has 1 unspecified atom stereocenters. The van der Waals surface area contributed by atoms with Gasteiger partial charge in [-0.3, -0.25) is 9.69 Å². The molecule has 0 aliphatic carbocycles. The van der Waals surface area contributed by atoms with Crippen molar-refractivity contribution in [2.24, 2.45) is 0 Å². The zero-order valence-corrected chi connectivity index (χ0v) is 13.1. The molecule has 0 saturated carbocycles. The third-order valence-corrected chi connectivity index (χ3v) is 4.77. The number of aryl methyl sites for hydroxylation is 1. The molecule has 1 N–H and O–H groups in total. The first-order valence-corrected chi connectivity index (χ1v) is 8.01. The molecule has 0 aromatic heterocycles. The van der Waals surface area contributed by atoms with Crippen LogP contribution in [0, 0.1) is 6.92 Å². The monoisotopic (exact) mass is 287 g/mol. The van der Waals surface area contributed by atoms with E-state index in [1.165, 1.54) is 24.9 Å². The summed E-state index contributed by atoms with van der Waals surface area (Å²) in [6.07, 6.45) is 3.60. The average molecular weight is 287 g/mol. The number of hydrogen-bond acceptors (Lipinski definition) is 3. The molecule has 0 bridgehead atoms. The Morgan fingerprint density at radius 1 is 1.24 bits per heavy atom. The maximum Gasteiger partial charge on any atom is 0.256 e. The van der Waals surface area contributed by atoms with Gasteiger partial charge in [-0.15, -0.1) is 0 Å². The Bertz CT molecular complexity index is 529. The van der Waals surface area contributed by atoms with Crippen molar-refractivity contribution in [1.82, 2.24) is 9.80 Å². The van der Waals surface area contributed by atoms with Crippen LogP contribution in [0.3, 0.4) is 0 Å². The summed E-state index contributed by atoms with van der Waals surface area (Å²) >= 11 is 0. The molecule has 2 heterocycles. The molecule has 4 heteroatoms. The SMILES string of the molecule is CNc1cc(C)ccc1C(=O)N1CCCN2CCCC2C1. The van der Waals surface area contributed by atoms with Crippen molar-refractivity contribution in [1.29, 1.82) is 0 Å². The summed E-state index contributed by atoms with van der Waals surface area (Å²) in [5.41, 5.74) is 2.91. The Labute approximate surface area is 127 Å². The van der Waals surface area contributed by atoms with Crippen LogP contribution in [0.1, 0.15) is 35.2 Å². The highest BCUT2D eigenvalue weighted by Gasteiger charge is 2.31. The largest absolute Gasteiger partial charge is 0.387 e. The van der Waals surface area contributed by atoms with Crippen molar-refractivity contribution < 1.29 is 4.79 Å². The zero-order chi connectivity index (χ0) is 14.8. The Balaban J connectivity index is 1.81. The Morgan fingerprint density at radius 3 is 2.86 bits per heavy atom. The van der Waals surface area contributed by atoms with Gasteiger partial charge in [0.1, 0.15) is 0 Å². The molecule has 114 valence electrons.